The van der Waals surface area contributed by atoms with E-state index in [2.05, 4.69) is 25.5 Å². The van der Waals surface area contributed by atoms with Crippen LogP contribution in [-0.2, 0) is 17.8 Å². The molecule has 0 radical (unpaired) electrons. The van der Waals surface area contributed by atoms with E-state index in [-0.39, 0.29) is 11.8 Å². The number of aromatic nitrogens is 2. The maximum atomic E-state index is 14.4. The number of aliphatic hydroxyl groups excluding tert-OH is 1. The van der Waals surface area contributed by atoms with E-state index in [0.29, 0.717) is 42.5 Å². The number of anilines is 1. The van der Waals surface area contributed by atoms with Crippen molar-refractivity contribution in [2.75, 3.05) is 44.4 Å². The Hall–Kier alpha value is -2.79. The lowest BCUT2D eigenvalue weighted by molar-refractivity contribution is -0.113. The number of carbonyl (C=O) groups excluding carboxylic acids is 1. The highest BCUT2D eigenvalue weighted by Gasteiger charge is 2.30. The molecule has 3 N–H and O–H groups in total. The summed E-state index contributed by atoms with van der Waals surface area (Å²) in [5.74, 6) is 1.21. The van der Waals surface area contributed by atoms with E-state index in [0.717, 1.165) is 41.0 Å². The number of likely N-dealkylation sites (tertiary alicyclic amines) is 1. The largest absolute Gasteiger partial charge is 0.497 e. The van der Waals surface area contributed by atoms with Crippen molar-refractivity contribution in [1.29, 1.82) is 0 Å². The average molecular weight is 498 g/mol. The number of nitrogens with one attached hydrogen (secondary N) is 2. The van der Waals surface area contributed by atoms with Gasteiger partial charge in [0.05, 0.1) is 29.6 Å². The number of nitrogens with zero attached hydrogens (tertiary/aromatic N) is 3. The molecule has 2 aliphatic rings. The van der Waals surface area contributed by atoms with Gasteiger partial charge in [-0.3, -0.25) is 9.78 Å². The summed E-state index contributed by atoms with van der Waals surface area (Å²) in [6, 6.07) is 9.04. The van der Waals surface area contributed by atoms with Crippen LogP contribution in [0.2, 0.25) is 0 Å². The molecule has 5 rings (SSSR count). The van der Waals surface area contributed by atoms with Gasteiger partial charge in [0.25, 0.3) is 0 Å². The van der Waals surface area contributed by atoms with Gasteiger partial charge in [-0.1, -0.05) is 0 Å². The number of fused-ring (bicyclic) bond motifs is 2. The number of ether oxygens (including phenoxy) is 1. The van der Waals surface area contributed by atoms with Crippen LogP contribution in [-0.4, -0.2) is 71.0 Å². The molecule has 3 aromatic rings. The van der Waals surface area contributed by atoms with Crippen LogP contribution in [0.15, 0.2) is 41.4 Å². The van der Waals surface area contributed by atoms with Gasteiger partial charge in [-0.15, -0.1) is 11.8 Å². The third-order valence-corrected chi connectivity index (χ3v) is 7.57. The molecule has 0 saturated carbocycles. The van der Waals surface area contributed by atoms with Crippen molar-refractivity contribution < 1.29 is 19.0 Å². The average Bonchev–Trinajstić information content (AvgIpc) is 3.21. The molecule has 0 unspecified atom stereocenters. The van der Waals surface area contributed by atoms with Gasteiger partial charge in [-0.2, -0.15) is 0 Å². The number of halogens is 1. The van der Waals surface area contributed by atoms with E-state index in [9.17, 15) is 14.3 Å². The maximum Gasteiger partial charge on any atom is 0.235 e. The SMILES string of the molecule is COc1cc(F)c2nccc(CCN3C[C@H](CNCc4ccc5c(n4)NC(=O)CS5)[C@H](O)C3)c2c1. The lowest BCUT2D eigenvalue weighted by Gasteiger charge is -2.18. The molecule has 2 aromatic heterocycles. The quantitative estimate of drug-likeness (QED) is 0.437. The van der Waals surface area contributed by atoms with E-state index < -0.39 is 11.9 Å². The minimum Gasteiger partial charge on any atom is -0.497 e. The molecule has 8 nitrogen and oxygen atoms in total. The van der Waals surface area contributed by atoms with Gasteiger partial charge < -0.3 is 25.4 Å². The summed E-state index contributed by atoms with van der Waals surface area (Å²) in [4.78, 5) is 23.5. The first-order chi connectivity index (χ1) is 17.0. The summed E-state index contributed by atoms with van der Waals surface area (Å²) in [6.45, 7) is 3.37. The van der Waals surface area contributed by atoms with Crippen molar-refractivity contribution in [3.63, 3.8) is 0 Å². The first kappa shape index (κ1) is 23.9. The van der Waals surface area contributed by atoms with Crippen molar-refractivity contribution in [2.24, 2.45) is 5.92 Å². The summed E-state index contributed by atoms with van der Waals surface area (Å²) in [5.41, 5.74) is 2.21. The zero-order valence-electron chi connectivity index (χ0n) is 19.5. The molecule has 2 atom stereocenters. The number of thioether (sulfide) groups is 1. The van der Waals surface area contributed by atoms with Crippen LogP contribution in [0.1, 0.15) is 11.3 Å². The molecule has 0 aliphatic carbocycles. The van der Waals surface area contributed by atoms with Crippen molar-refractivity contribution in [1.82, 2.24) is 20.2 Å². The highest BCUT2D eigenvalue weighted by molar-refractivity contribution is 8.00. The Bertz CT molecular complexity index is 1240. The molecule has 1 saturated heterocycles. The van der Waals surface area contributed by atoms with Crippen molar-refractivity contribution in [2.45, 2.75) is 24.0 Å². The monoisotopic (exact) mass is 497 g/mol. The van der Waals surface area contributed by atoms with E-state index in [1.54, 1.807) is 6.20 Å². The second-order valence-corrected chi connectivity index (χ2v) is 9.95. The predicted octanol–water partition coefficient (Wildman–Crippen LogP) is 2.45. The first-order valence-corrected chi connectivity index (χ1v) is 12.6. The highest BCUT2D eigenvalue weighted by atomic mass is 32.2. The van der Waals surface area contributed by atoms with Crippen LogP contribution in [0.5, 0.6) is 5.75 Å². The molecule has 0 bridgehead atoms. The standard InChI is InChI=1S/C25H28FN5O3S/c1-34-18-8-19-15(4-6-28-24(19)20(26)9-18)5-7-31-12-16(21(32)13-31)10-27-11-17-2-3-22-25(29-17)30-23(33)14-35-22/h2-4,6,8-9,16,21,27,32H,5,7,10-14H2,1H3,(H,29,30,33)/t16-,21+/m0/s1. The molecule has 1 aromatic carbocycles. The van der Waals surface area contributed by atoms with Crippen LogP contribution < -0.4 is 15.4 Å². The third-order valence-electron chi connectivity index (χ3n) is 6.52. The zero-order valence-corrected chi connectivity index (χ0v) is 20.3. The van der Waals surface area contributed by atoms with Crippen LogP contribution >= 0.6 is 11.8 Å². The second kappa shape index (κ2) is 10.4. The molecule has 4 heterocycles. The Balaban J connectivity index is 1.15. The number of aliphatic hydroxyl groups is 1. The fraction of sp³-hybridized carbons (Fsp3) is 0.400. The minimum absolute atomic E-state index is 0.0293. The van der Waals surface area contributed by atoms with Crippen molar-refractivity contribution >= 4 is 34.4 Å². The molecule has 1 fully saturated rings. The summed E-state index contributed by atoms with van der Waals surface area (Å²) in [5, 5.41) is 17.6. The van der Waals surface area contributed by atoms with Crippen LogP contribution in [0.4, 0.5) is 10.2 Å². The number of rotatable bonds is 8. The number of pyridine rings is 2. The highest BCUT2D eigenvalue weighted by Crippen LogP contribution is 2.30. The molecular formula is C25H28FN5O3S. The predicted molar refractivity (Wildman–Crippen MR) is 133 cm³/mol. The fourth-order valence-electron chi connectivity index (χ4n) is 4.67. The molecular weight excluding hydrogens is 469 g/mol. The van der Waals surface area contributed by atoms with Gasteiger partial charge in [-0.25, -0.2) is 9.37 Å². The number of amides is 1. The van der Waals surface area contributed by atoms with Gasteiger partial charge in [0.1, 0.15) is 17.1 Å². The summed E-state index contributed by atoms with van der Waals surface area (Å²) in [7, 11) is 1.52. The number of methoxy groups -OCH3 is 1. The van der Waals surface area contributed by atoms with Crippen LogP contribution in [0, 0.1) is 11.7 Å². The Kier molecular flexibility index (Phi) is 7.14. The minimum atomic E-state index is -0.415. The Morgan fingerprint density at radius 1 is 1.31 bits per heavy atom. The number of carbonyl (C=O) groups is 1. The van der Waals surface area contributed by atoms with Crippen LogP contribution in [0.25, 0.3) is 10.9 Å². The van der Waals surface area contributed by atoms with Gasteiger partial charge in [0, 0.05) is 56.3 Å². The lowest BCUT2D eigenvalue weighted by Crippen LogP contribution is -2.30. The third kappa shape index (κ3) is 5.40. The summed E-state index contributed by atoms with van der Waals surface area (Å²) < 4.78 is 19.6. The molecule has 0 spiro atoms. The first-order valence-electron chi connectivity index (χ1n) is 11.6. The topological polar surface area (TPSA) is 99.6 Å². The number of hydrogen-bond acceptors (Lipinski definition) is 8. The Morgan fingerprint density at radius 3 is 3.06 bits per heavy atom. The van der Waals surface area contributed by atoms with E-state index in [1.807, 2.05) is 24.3 Å². The normalized spacial score (nSPS) is 20.1. The second-order valence-electron chi connectivity index (χ2n) is 8.93. The van der Waals surface area contributed by atoms with E-state index >= 15 is 0 Å². The number of benzene rings is 1. The van der Waals surface area contributed by atoms with Gasteiger partial charge in [0.15, 0.2) is 5.82 Å². The molecule has 35 heavy (non-hydrogen) atoms. The maximum absolute atomic E-state index is 14.4. The molecule has 10 heteroatoms. The number of hydrogen-bond donors (Lipinski definition) is 3. The molecule has 184 valence electrons. The van der Waals surface area contributed by atoms with Gasteiger partial charge >= 0.3 is 0 Å². The molecule has 1 amide bonds. The Labute approximate surface area is 207 Å². The van der Waals surface area contributed by atoms with E-state index in [1.165, 1.54) is 24.9 Å². The van der Waals surface area contributed by atoms with Gasteiger partial charge in [-0.05, 0) is 36.2 Å². The van der Waals surface area contributed by atoms with Crippen molar-refractivity contribution in [3.8, 4) is 5.75 Å². The zero-order chi connectivity index (χ0) is 24.4. The number of β-amino-alcohol motifs (C(OH)–C–C–N with tert-alkyl or cyclic N) is 1. The smallest absolute Gasteiger partial charge is 0.235 e. The van der Waals surface area contributed by atoms with Crippen LogP contribution in [0.3, 0.4) is 0 Å². The summed E-state index contributed by atoms with van der Waals surface area (Å²) in [6.07, 6.45) is 1.94. The lowest BCUT2D eigenvalue weighted by atomic mass is 10.1. The summed E-state index contributed by atoms with van der Waals surface area (Å²) >= 11 is 1.49. The fourth-order valence-corrected chi connectivity index (χ4v) is 5.43. The van der Waals surface area contributed by atoms with Gasteiger partial charge in [0.2, 0.25) is 5.91 Å². The van der Waals surface area contributed by atoms with E-state index in [4.69, 9.17) is 4.74 Å². The van der Waals surface area contributed by atoms with Crippen molar-refractivity contribution in [3.05, 3.63) is 53.6 Å². The Morgan fingerprint density at radius 2 is 2.20 bits per heavy atom. The molecule has 2 aliphatic heterocycles.